The molecular weight excluding hydrogens is 217 g/mol. The molecule has 0 radical (unpaired) electrons. The second-order valence-corrected chi connectivity index (χ2v) is 4.86. The molecule has 0 heterocycles. The van der Waals surface area contributed by atoms with E-state index in [0.717, 1.165) is 18.4 Å². The van der Waals surface area contributed by atoms with Gasteiger partial charge in [0, 0.05) is 6.07 Å². The van der Waals surface area contributed by atoms with Gasteiger partial charge in [-0.15, -0.1) is 0 Å². The Morgan fingerprint density at radius 2 is 2.12 bits per heavy atom. The zero-order chi connectivity index (χ0) is 12.9. The molecule has 0 fully saturated rings. The zero-order valence-corrected chi connectivity index (χ0v) is 10.6. The highest BCUT2D eigenvalue weighted by atomic mass is 19.1. The molecule has 1 aromatic carbocycles. The third-order valence-electron chi connectivity index (χ3n) is 2.66. The molecule has 0 aromatic heterocycles. The SMILES string of the molecule is Cc1ccc(F)cc1OCCCC(C)(C)C#N. The third kappa shape index (κ3) is 4.44. The Bertz CT molecular complexity index is 421. The summed E-state index contributed by atoms with van der Waals surface area (Å²) in [6, 6.07) is 6.75. The van der Waals surface area contributed by atoms with Crippen LogP contribution in [0.2, 0.25) is 0 Å². The number of nitrogens with zero attached hydrogens (tertiary/aromatic N) is 1. The molecule has 0 spiro atoms. The number of rotatable bonds is 5. The van der Waals surface area contributed by atoms with Gasteiger partial charge in [0.05, 0.1) is 18.1 Å². The van der Waals surface area contributed by atoms with E-state index in [2.05, 4.69) is 6.07 Å². The van der Waals surface area contributed by atoms with Gasteiger partial charge in [-0.1, -0.05) is 6.07 Å². The average Bonchev–Trinajstić information content (AvgIpc) is 2.29. The van der Waals surface area contributed by atoms with Crippen LogP contribution in [0.4, 0.5) is 4.39 Å². The first-order chi connectivity index (χ1) is 7.94. The molecule has 92 valence electrons. The summed E-state index contributed by atoms with van der Waals surface area (Å²) in [7, 11) is 0. The van der Waals surface area contributed by atoms with Crippen molar-refractivity contribution in [2.75, 3.05) is 6.61 Å². The van der Waals surface area contributed by atoms with Crippen molar-refractivity contribution in [3.05, 3.63) is 29.6 Å². The van der Waals surface area contributed by atoms with Crippen molar-refractivity contribution in [2.24, 2.45) is 5.41 Å². The number of aryl methyl sites for hydroxylation is 1. The fourth-order valence-corrected chi connectivity index (χ4v) is 1.48. The molecule has 0 unspecified atom stereocenters. The summed E-state index contributed by atoms with van der Waals surface area (Å²) in [5, 5.41) is 8.85. The Hall–Kier alpha value is -1.56. The lowest BCUT2D eigenvalue weighted by Gasteiger charge is -2.15. The Morgan fingerprint density at radius 3 is 2.76 bits per heavy atom. The minimum atomic E-state index is -0.319. The largest absolute Gasteiger partial charge is 0.493 e. The summed E-state index contributed by atoms with van der Waals surface area (Å²) < 4.78 is 18.5. The van der Waals surface area contributed by atoms with Crippen LogP contribution in [0.3, 0.4) is 0 Å². The van der Waals surface area contributed by atoms with Gasteiger partial charge in [-0.2, -0.15) is 5.26 Å². The van der Waals surface area contributed by atoms with Crippen molar-refractivity contribution in [3.63, 3.8) is 0 Å². The molecule has 1 aromatic rings. The lowest BCUT2D eigenvalue weighted by atomic mass is 9.90. The Morgan fingerprint density at radius 1 is 1.41 bits per heavy atom. The van der Waals surface area contributed by atoms with E-state index in [1.54, 1.807) is 6.07 Å². The molecule has 0 aliphatic heterocycles. The van der Waals surface area contributed by atoms with Gasteiger partial charge in [-0.3, -0.25) is 0 Å². The monoisotopic (exact) mass is 235 g/mol. The average molecular weight is 235 g/mol. The van der Waals surface area contributed by atoms with Crippen LogP contribution in [0.15, 0.2) is 18.2 Å². The van der Waals surface area contributed by atoms with Crippen LogP contribution >= 0.6 is 0 Å². The predicted octanol–water partition coefficient (Wildman–Crippen LogP) is 3.84. The van der Waals surface area contributed by atoms with Crippen molar-refractivity contribution in [1.29, 1.82) is 5.26 Å². The molecule has 0 atom stereocenters. The van der Waals surface area contributed by atoms with Crippen LogP contribution in [0.1, 0.15) is 32.3 Å². The summed E-state index contributed by atoms with van der Waals surface area (Å²) in [5.41, 5.74) is 0.603. The van der Waals surface area contributed by atoms with Gasteiger partial charge >= 0.3 is 0 Å². The molecule has 0 aliphatic carbocycles. The van der Waals surface area contributed by atoms with Crippen molar-refractivity contribution in [1.82, 2.24) is 0 Å². The standard InChI is InChI=1S/C14H18FNO/c1-11-5-6-12(15)9-13(11)17-8-4-7-14(2,3)10-16/h5-6,9H,4,7-8H2,1-3H3. The fraction of sp³-hybridized carbons (Fsp3) is 0.500. The molecule has 1 rings (SSSR count). The van der Waals surface area contributed by atoms with Crippen molar-refractivity contribution in [2.45, 2.75) is 33.6 Å². The van der Waals surface area contributed by atoms with E-state index in [-0.39, 0.29) is 11.2 Å². The lowest BCUT2D eigenvalue weighted by molar-refractivity contribution is 0.281. The number of nitriles is 1. The second-order valence-electron chi connectivity index (χ2n) is 4.86. The number of benzene rings is 1. The number of halogens is 1. The van der Waals surface area contributed by atoms with E-state index in [1.807, 2.05) is 20.8 Å². The van der Waals surface area contributed by atoms with Gasteiger partial charge in [-0.05, 0) is 45.2 Å². The van der Waals surface area contributed by atoms with Crippen LogP contribution in [0, 0.1) is 29.5 Å². The minimum absolute atomic E-state index is 0.289. The zero-order valence-electron chi connectivity index (χ0n) is 10.6. The maximum absolute atomic E-state index is 13.0. The quantitative estimate of drug-likeness (QED) is 0.726. The summed E-state index contributed by atoms with van der Waals surface area (Å²) >= 11 is 0. The van der Waals surface area contributed by atoms with Gasteiger partial charge in [0.2, 0.25) is 0 Å². The Labute approximate surface area is 102 Å². The molecule has 0 saturated heterocycles. The number of ether oxygens (including phenoxy) is 1. The third-order valence-corrected chi connectivity index (χ3v) is 2.66. The molecule has 0 amide bonds. The first-order valence-corrected chi connectivity index (χ1v) is 5.75. The van der Waals surface area contributed by atoms with E-state index in [9.17, 15) is 4.39 Å². The normalized spacial score (nSPS) is 11.0. The Kier molecular flexibility index (Phi) is 4.51. The van der Waals surface area contributed by atoms with Crippen LogP contribution in [0.25, 0.3) is 0 Å². The van der Waals surface area contributed by atoms with Gasteiger partial charge in [0.1, 0.15) is 11.6 Å². The summed E-state index contributed by atoms with van der Waals surface area (Å²) in [6.07, 6.45) is 1.56. The molecule has 0 saturated carbocycles. The molecule has 0 bridgehead atoms. The van der Waals surface area contributed by atoms with Crippen molar-refractivity contribution < 1.29 is 9.13 Å². The maximum atomic E-state index is 13.0. The van der Waals surface area contributed by atoms with Crippen molar-refractivity contribution >= 4 is 0 Å². The topological polar surface area (TPSA) is 33.0 Å². The van der Waals surface area contributed by atoms with Gasteiger partial charge < -0.3 is 4.74 Å². The van der Waals surface area contributed by atoms with Gasteiger partial charge in [0.25, 0.3) is 0 Å². The summed E-state index contributed by atoms with van der Waals surface area (Å²) in [5.74, 6) is 0.294. The summed E-state index contributed by atoms with van der Waals surface area (Å²) in [4.78, 5) is 0. The van der Waals surface area contributed by atoms with Gasteiger partial charge in [-0.25, -0.2) is 4.39 Å². The smallest absolute Gasteiger partial charge is 0.126 e. The first-order valence-electron chi connectivity index (χ1n) is 5.75. The second kappa shape index (κ2) is 5.67. The molecule has 2 nitrogen and oxygen atoms in total. The van der Waals surface area contributed by atoms with E-state index in [1.165, 1.54) is 12.1 Å². The highest BCUT2D eigenvalue weighted by Gasteiger charge is 2.15. The van der Waals surface area contributed by atoms with Crippen molar-refractivity contribution in [3.8, 4) is 11.8 Å². The fourth-order valence-electron chi connectivity index (χ4n) is 1.48. The molecule has 0 N–H and O–H groups in total. The molecule has 3 heteroatoms. The molecule has 0 aliphatic rings. The Balaban J connectivity index is 2.42. The van der Waals surface area contributed by atoms with Crippen LogP contribution in [-0.2, 0) is 0 Å². The highest BCUT2D eigenvalue weighted by molar-refractivity contribution is 5.32. The van der Waals surface area contributed by atoms with Gasteiger partial charge in [0.15, 0.2) is 0 Å². The maximum Gasteiger partial charge on any atom is 0.126 e. The minimum Gasteiger partial charge on any atom is -0.493 e. The van der Waals surface area contributed by atoms with E-state index < -0.39 is 0 Å². The molecular formula is C14H18FNO. The van der Waals surface area contributed by atoms with E-state index in [4.69, 9.17) is 10.00 Å². The number of hydrogen-bond donors (Lipinski definition) is 0. The summed E-state index contributed by atoms with van der Waals surface area (Å²) in [6.45, 7) is 6.20. The van der Waals surface area contributed by atoms with E-state index in [0.29, 0.717) is 12.4 Å². The van der Waals surface area contributed by atoms with Crippen LogP contribution in [-0.4, -0.2) is 6.61 Å². The lowest BCUT2D eigenvalue weighted by Crippen LogP contribution is -2.10. The predicted molar refractivity (Wildman–Crippen MR) is 65.3 cm³/mol. The van der Waals surface area contributed by atoms with E-state index >= 15 is 0 Å². The molecule has 17 heavy (non-hydrogen) atoms. The van der Waals surface area contributed by atoms with Crippen LogP contribution in [0.5, 0.6) is 5.75 Å². The first kappa shape index (κ1) is 13.5. The number of hydrogen-bond acceptors (Lipinski definition) is 2. The highest BCUT2D eigenvalue weighted by Crippen LogP contribution is 2.22. The van der Waals surface area contributed by atoms with Crippen LogP contribution < -0.4 is 4.74 Å².